The van der Waals surface area contributed by atoms with Crippen molar-refractivity contribution in [3.8, 4) is 6.07 Å². The first-order valence-electron chi connectivity index (χ1n) is 11.4. The lowest BCUT2D eigenvalue weighted by Crippen LogP contribution is -2.48. The van der Waals surface area contributed by atoms with Gasteiger partial charge in [0, 0.05) is 18.6 Å². The average Bonchev–Trinajstić information content (AvgIpc) is 3.31. The Labute approximate surface area is 205 Å². The highest BCUT2D eigenvalue weighted by Gasteiger charge is 2.49. The number of fused-ring (bicyclic) bond motifs is 2. The molecule has 2 aromatic heterocycles. The van der Waals surface area contributed by atoms with Crippen LogP contribution in [-0.2, 0) is 6.42 Å². The zero-order chi connectivity index (χ0) is 24.1. The standard InChI is InChI=1S/C24H26BrN7O2/c1-23(2,29-22(33)34)12-16-15-6-4-3-5-14(15)11-24(16)7-9-32(10-8-24)21-19(25)27-18-17(13-26)30-31-20(18)28-21/h3-6,16,29H,7-12H2,1-2H3,(H,33,34)(H,28,30,31)/t16-/m1/s1. The molecule has 34 heavy (non-hydrogen) atoms. The second-order valence-corrected chi connectivity index (χ2v) is 10.8. The van der Waals surface area contributed by atoms with Crippen LogP contribution in [0.5, 0.6) is 0 Å². The molecule has 9 nitrogen and oxygen atoms in total. The van der Waals surface area contributed by atoms with Crippen LogP contribution in [0.2, 0.25) is 0 Å². The largest absolute Gasteiger partial charge is 0.465 e. The highest BCUT2D eigenvalue weighted by molar-refractivity contribution is 9.10. The van der Waals surface area contributed by atoms with Crippen molar-refractivity contribution in [2.45, 2.75) is 51.0 Å². The molecule has 5 rings (SSSR count). The molecule has 1 fully saturated rings. The average molecular weight is 524 g/mol. The van der Waals surface area contributed by atoms with Crippen LogP contribution in [0.3, 0.4) is 0 Å². The van der Waals surface area contributed by atoms with E-state index >= 15 is 0 Å². The summed E-state index contributed by atoms with van der Waals surface area (Å²) in [5.74, 6) is 1.02. The Bertz CT molecular complexity index is 1300. The summed E-state index contributed by atoms with van der Waals surface area (Å²) >= 11 is 3.54. The molecular weight excluding hydrogens is 498 g/mol. The lowest BCUT2D eigenvalue weighted by molar-refractivity contribution is 0.143. The van der Waals surface area contributed by atoms with Gasteiger partial charge in [0.15, 0.2) is 17.2 Å². The first-order chi connectivity index (χ1) is 16.2. The summed E-state index contributed by atoms with van der Waals surface area (Å²) in [5, 5.41) is 28.1. The second-order valence-electron chi connectivity index (χ2n) is 10.0. The van der Waals surface area contributed by atoms with Gasteiger partial charge in [0.25, 0.3) is 0 Å². The van der Waals surface area contributed by atoms with Crippen molar-refractivity contribution < 1.29 is 9.90 Å². The number of carboxylic acid groups (broad SMARTS) is 1. The summed E-state index contributed by atoms with van der Waals surface area (Å²) in [6.45, 7) is 5.56. The monoisotopic (exact) mass is 523 g/mol. The van der Waals surface area contributed by atoms with E-state index in [1.165, 1.54) is 11.1 Å². The fourth-order valence-electron chi connectivity index (χ4n) is 5.82. The Morgan fingerprint density at radius 3 is 2.79 bits per heavy atom. The Morgan fingerprint density at radius 1 is 1.35 bits per heavy atom. The molecule has 2 aliphatic rings. The van der Waals surface area contributed by atoms with Crippen LogP contribution in [-0.4, -0.2) is 50.0 Å². The number of piperidine rings is 1. The molecule has 0 bridgehead atoms. The topological polar surface area (TPSA) is 131 Å². The maximum atomic E-state index is 11.4. The molecule has 1 amide bonds. The Balaban J connectivity index is 1.41. The van der Waals surface area contributed by atoms with Gasteiger partial charge in [0.2, 0.25) is 0 Å². The maximum absolute atomic E-state index is 11.4. The van der Waals surface area contributed by atoms with Gasteiger partial charge in [0.1, 0.15) is 16.2 Å². The first-order valence-corrected chi connectivity index (χ1v) is 12.2. The molecule has 3 heterocycles. The van der Waals surface area contributed by atoms with Crippen molar-refractivity contribution >= 4 is 39.0 Å². The van der Waals surface area contributed by atoms with Crippen LogP contribution in [0.4, 0.5) is 10.6 Å². The number of H-pyrrole nitrogens is 1. The molecule has 0 unspecified atom stereocenters. The smallest absolute Gasteiger partial charge is 0.405 e. The Morgan fingerprint density at radius 2 is 2.09 bits per heavy atom. The summed E-state index contributed by atoms with van der Waals surface area (Å²) in [5.41, 5.74) is 3.46. The van der Waals surface area contributed by atoms with Gasteiger partial charge < -0.3 is 15.3 Å². The molecular formula is C24H26BrN7O2. The highest BCUT2D eigenvalue weighted by atomic mass is 79.9. The van der Waals surface area contributed by atoms with Crippen molar-refractivity contribution in [1.29, 1.82) is 5.26 Å². The molecule has 3 aromatic rings. The van der Waals surface area contributed by atoms with Crippen molar-refractivity contribution in [3.63, 3.8) is 0 Å². The number of aromatic nitrogens is 4. The predicted octanol–water partition coefficient (Wildman–Crippen LogP) is 4.35. The van der Waals surface area contributed by atoms with Gasteiger partial charge >= 0.3 is 6.09 Å². The SMILES string of the molecule is CC(C)(C[C@@H]1c2ccccc2CC12CCN(c1nc3[nH]nc(C#N)c3nc1Br)CC2)NC(=O)O. The third kappa shape index (κ3) is 3.88. The van der Waals surface area contributed by atoms with E-state index in [2.05, 4.69) is 65.6 Å². The van der Waals surface area contributed by atoms with Gasteiger partial charge in [0.05, 0.1) is 0 Å². The Hall–Kier alpha value is -3.19. The van der Waals surface area contributed by atoms with Crippen LogP contribution in [0.25, 0.3) is 11.2 Å². The molecule has 1 atom stereocenters. The van der Waals surface area contributed by atoms with Gasteiger partial charge in [-0.3, -0.25) is 5.10 Å². The number of hydrogen-bond acceptors (Lipinski definition) is 6. The summed E-state index contributed by atoms with van der Waals surface area (Å²) < 4.78 is 0.604. The minimum absolute atomic E-state index is 0.0730. The molecule has 1 aliphatic carbocycles. The number of nitrogens with one attached hydrogen (secondary N) is 2. The van der Waals surface area contributed by atoms with Crippen molar-refractivity contribution in [3.05, 3.63) is 45.7 Å². The fourth-order valence-corrected chi connectivity index (χ4v) is 6.34. The first kappa shape index (κ1) is 22.6. The summed E-state index contributed by atoms with van der Waals surface area (Å²) in [6, 6.07) is 10.6. The third-order valence-electron chi connectivity index (χ3n) is 7.37. The number of benzene rings is 1. The van der Waals surface area contributed by atoms with E-state index in [9.17, 15) is 15.2 Å². The minimum atomic E-state index is -0.989. The second kappa shape index (κ2) is 8.24. The molecule has 0 saturated carbocycles. The number of hydrogen-bond donors (Lipinski definition) is 3. The van der Waals surface area contributed by atoms with Gasteiger partial charge in [-0.15, -0.1) is 0 Å². The number of anilines is 1. The van der Waals surface area contributed by atoms with Gasteiger partial charge in [-0.05, 0) is 77.9 Å². The number of amides is 1. The maximum Gasteiger partial charge on any atom is 0.405 e. The lowest BCUT2D eigenvalue weighted by atomic mass is 9.66. The summed E-state index contributed by atoms with van der Waals surface area (Å²) in [4.78, 5) is 22.9. The van der Waals surface area contributed by atoms with Crippen molar-refractivity contribution in [2.75, 3.05) is 18.0 Å². The summed E-state index contributed by atoms with van der Waals surface area (Å²) in [6.07, 6.45) is 2.69. The number of nitriles is 1. The normalized spacial score (nSPS) is 19.2. The molecule has 176 valence electrons. The van der Waals surface area contributed by atoms with E-state index in [0.29, 0.717) is 15.8 Å². The third-order valence-corrected chi connectivity index (χ3v) is 7.90. The van der Waals surface area contributed by atoms with E-state index in [-0.39, 0.29) is 17.0 Å². The molecule has 0 radical (unpaired) electrons. The van der Waals surface area contributed by atoms with E-state index in [4.69, 9.17) is 4.98 Å². The summed E-state index contributed by atoms with van der Waals surface area (Å²) in [7, 11) is 0. The molecule has 3 N–H and O–H groups in total. The van der Waals surface area contributed by atoms with Gasteiger partial charge in [-0.25, -0.2) is 14.8 Å². The zero-order valence-electron chi connectivity index (χ0n) is 19.1. The molecule has 1 saturated heterocycles. The quantitative estimate of drug-likeness (QED) is 0.463. The molecule has 10 heteroatoms. The van der Waals surface area contributed by atoms with Gasteiger partial charge in [-0.2, -0.15) is 10.4 Å². The van der Waals surface area contributed by atoms with Crippen molar-refractivity contribution in [2.24, 2.45) is 5.41 Å². The highest BCUT2D eigenvalue weighted by Crippen LogP contribution is 2.56. The predicted molar refractivity (Wildman–Crippen MR) is 131 cm³/mol. The van der Waals surface area contributed by atoms with Crippen LogP contribution in [0.15, 0.2) is 28.9 Å². The number of halogens is 1. The van der Waals surface area contributed by atoms with Crippen LogP contribution in [0, 0.1) is 16.7 Å². The number of aromatic amines is 1. The van der Waals surface area contributed by atoms with Crippen LogP contribution >= 0.6 is 15.9 Å². The van der Waals surface area contributed by atoms with Gasteiger partial charge in [-0.1, -0.05) is 24.3 Å². The van der Waals surface area contributed by atoms with Crippen LogP contribution in [0.1, 0.15) is 55.8 Å². The van der Waals surface area contributed by atoms with Crippen molar-refractivity contribution in [1.82, 2.24) is 25.5 Å². The number of rotatable bonds is 4. The number of carbonyl (C=O) groups is 1. The zero-order valence-corrected chi connectivity index (χ0v) is 20.7. The molecule has 1 spiro atoms. The Kier molecular flexibility index (Phi) is 5.47. The lowest BCUT2D eigenvalue weighted by Gasteiger charge is -2.45. The van der Waals surface area contributed by atoms with E-state index in [0.717, 1.165) is 44.6 Å². The molecule has 1 aromatic carbocycles. The number of nitrogens with zero attached hydrogens (tertiary/aromatic N) is 5. The minimum Gasteiger partial charge on any atom is -0.465 e. The van der Waals surface area contributed by atoms with Crippen LogP contribution < -0.4 is 10.2 Å². The van der Waals surface area contributed by atoms with E-state index in [1.807, 2.05) is 19.9 Å². The fraction of sp³-hybridized carbons (Fsp3) is 0.458. The van der Waals surface area contributed by atoms with E-state index in [1.54, 1.807) is 0 Å². The molecule has 1 aliphatic heterocycles. The van der Waals surface area contributed by atoms with E-state index < -0.39 is 11.6 Å².